The summed E-state index contributed by atoms with van der Waals surface area (Å²) in [6.45, 7) is 3.25. The highest BCUT2D eigenvalue weighted by atomic mass is 16.5. The molecule has 1 saturated carbocycles. The Hall–Kier alpha value is -0.610. The van der Waals surface area contributed by atoms with Crippen LogP contribution in [0.1, 0.15) is 32.6 Å². The fraction of sp³-hybridized carbons (Fsp3) is 0.917. The van der Waals surface area contributed by atoms with Crippen LogP contribution in [0, 0.1) is 11.8 Å². The Labute approximate surface area is 97.9 Å². The lowest BCUT2D eigenvalue weighted by Gasteiger charge is -2.27. The largest absolute Gasteiger partial charge is 0.380 e. The molecule has 4 heteroatoms. The van der Waals surface area contributed by atoms with Crippen LogP contribution in [0.3, 0.4) is 0 Å². The van der Waals surface area contributed by atoms with Crippen molar-refractivity contribution in [1.29, 1.82) is 0 Å². The lowest BCUT2D eigenvalue weighted by atomic mass is 9.81. The first-order valence-corrected chi connectivity index (χ1v) is 6.18. The number of hydrogen-bond acceptors (Lipinski definition) is 3. The number of nitrogens with two attached hydrogens (primary N) is 1. The molecule has 1 fully saturated rings. The van der Waals surface area contributed by atoms with Crippen LogP contribution in [-0.4, -0.2) is 32.2 Å². The summed E-state index contributed by atoms with van der Waals surface area (Å²) < 4.78 is 5.10. The monoisotopic (exact) mass is 228 g/mol. The molecule has 0 aromatic carbocycles. The zero-order valence-electron chi connectivity index (χ0n) is 10.4. The standard InChI is InChI=1S/C12H24N2O2/c1-9(16-2)8-14-12(15)11-5-3-4-10(6-11)7-13/h9-11H,3-8,13H2,1-2H3,(H,14,15). The summed E-state index contributed by atoms with van der Waals surface area (Å²) in [7, 11) is 1.65. The normalized spacial score (nSPS) is 27.4. The predicted octanol–water partition coefficient (Wildman–Crippen LogP) is 0.903. The number of ether oxygens (including phenoxy) is 1. The third-order valence-electron chi connectivity index (χ3n) is 3.45. The summed E-state index contributed by atoms with van der Waals surface area (Å²) in [5.41, 5.74) is 5.66. The van der Waals surface area contributed by atoms with Gasteiger partial charge < -0.3 is 15.8 Å². The maximum Gasteiger partial charge on any atom is 0.223 e. The van der Waals surface area contributed by atoms with Gasteiger partial charge in [0.15, 0.2) is 0 Å². The Bertz CT molecular complexity index is 221. The topological polar surface area (TPSA) is 64.3 Å². The molecule has 16 heavy (non-hydrogen) atoms. The number of amides is 1. The molecular formula is C12H24N2O2. The zero-order valence-corrected chi connectivity index (χ0v) is 10.4. The van der Waals surface area contributed by atoms with Gasteiger partial charge in [-0.1, -0.05) is 6.42 Å². The number of carbonyl (C=O) groups is 1. The molecule has 0 aromatic rings. The van der Waals surface area contributed by atoms with E-state index in [9.17, 15) is 4.79 Å². The van der Waals surface area contributed by atoms with Crippen molar-refractivity contribution in [2.75, 3.05) is 20.2 Å². The van der Waals surface area contributed by atoms with Crippen molar-refractivity contribution in [3.63, 3.8) is 0 Å². The van der Waals surface area contributed by atoms with Crippen LogP contribution in [0.4, 0.5) is 0 Å². The van der Waals surface area contributed by atoms with E-state index < -0.39 is 0 Å². The molecule has 1 aliphatic rings. The minimum absolute atomic E-state index is 0.0813. The van der Waals surface area contributed by atoms with E-state index in [1.807, 2.05) is 6.92 Å². The highest BCUT2D eigenvalue weighted by Gasteiger charge is 2.26. The SMILES string of the molecule is COC(C)CNC(=O)C1CCCC(CN)C1. The second kappa shape index (κ2) is 6.86. The van der Waals surface area contributed by atoms with Gasteiger partial charge >= 0.3 is 0 Å². The molecule has 3 N–H and O–H groups in total. The van der Waals surface area contributed by atoms with Crippen LogP contribution in [0.2, 0.25) is 0 Å². The molecular weight excluding hydrogens is 204 g/mol. The Morgan fingerprint density at radius 1 is 1.56 bits per heavy atom. The van der Waals surface area contributed by atoms with Gasteiger partial charge in [-0.2, -0.15) is 0 Å². The smallest absolute Gasteiger partial charge is 0.223 e. The third-order valence-corrected chi connectivity index (χ3v) is 3.45. The summed E-state index contributed by atoms with van der Waals surface area (Å²) in [4.78, 5) is 11.9. The maximum absolute atomic E-state index is 11.9. The molecule has 0 heterocycles. The second-order valence-corrected chi connectivity index (χ2v) is 4.76. The molecule has 0 radical (unpaired) electrons. The van der Waals surface area contributed by atoms with E-state index in [-0.39, 0.29) is 17.9 Å². The lowest BCUT2D eigenvalue weighted by molar-refractivity contribution is -0.126. The van der Waals surface area contributed by atoms with E-state index in [0.29, 0.717) is 19.0 Å². The van der Waals surface area contributed by atoms with Crippen LogP contribution >= 0.6 is 0 Å². The number of hydrogen-bond donors (Lipinski definition) is 2. The van der Waals surface area contributed by atoms with Crippen molar-refractivity contribution in [3.8, 4) is 0 Å². The fourth-order valence-electron chi connectivity index (χ4n) is 2.22. The predicted molar refractivity (Wildman–Crippen MR) is 64.0 cm³/mol. The van der Waals surface area contributed by atoms with E-state index in [1.165, 1.54) is 6.42 Å². The van der Waals surface area contributed by atoms with Gasteiger partial charge in [0.2, 0.25) is 5.91 Å². The molecule has 4 nitrogen and oxygen atoms in total. The van der Waals surface area contributed by atoms with Gasteiger partial charge in [-0.15, -0.1) is 0 Å². The highest BCUT2D eigenvalue weighted by molar-refractivity contribution is 5.78. The molecule has 0 bridgehead atoms. The summed E-state index contributed by atoms with van der Waals surface area (Å²) in [5, 5.41) is 2.94. The maximum atomic E-state index is 11.9. The van der Waals surface area contributed by atoms with E-state index in [4.69, 9.17) is 10.5 Å². The van der Waals surface area contributed by atoms with Gasteiger partial charge in [0.05, 0.1) is 6.10 Å². The van der Waals surface area contributed by atoms with Crippen LogP contribution < -0.4 is 11.1 Å². The number of rotatable bonds is 5. The van der Waals surface area contributed by atoms with E-state index in [1.54, 1.807) is 7.11 Å². The molecule has 3 unspecified atom stereocenters. The molecule has 1 amide bonds. The van der Waals surface area contributed by atoms with Gasteiger partial charge in [-0.05, 0) is 38.6 Å². The molecule has 3 atom stereocenters. The van der Waals surface area contributed by atoms with Gasteiger partial charge in [0.1, 0.15) is 0 Å². The lowest BCUT2D eigenvalue weighted by Crippen LogP contribution is -2.38. The third kappa shape index (κ3) is 4.10. The van der Waals surface area contributed by atoms with Gasteiger partial charge in [0.25, 0.3) is 0 Å². The first-order valence-electron chi connectivity index (χ1n) is 6.18. The van der Waals surface area contributed by atoms with Crippen molar-refractivity contribution in [3.05, 3.63) is 0 Å². The minimum atomic E-state index is 0.0813. The highest BCUT2D eigenvalue weighted by Crippen LogP contribution is 2.28. The number of nitrogens with one attached hydrogen (secondary N) is 1. The Kier molecular flexibility index (Phi) is 5.77. The first-order chi connectivity index (χ1) is 7.67. The van der Waals surface area contributed by atoms with Crippen LogP contribution in [-0.2, 0) is 9.53 Å². The Balaban J connectivity index is 2.30. The van der Waals surface area contributed by atoms with Gasteiger partial charge in [0, 0.05) is 19.6 Å². The molecule has 0 saturated heterocycles. The molecule has 1 rings (SSSR count). The summed E-state index contributed by atoms with van der Waals surface area (Å²) in [6.07, 6.45) is 4.33. The van der Waals surface area contributed by atoms with Crippen LogP contribution in [0.25, 0.3) is 0 Å². The molecule has 1 aliphatic carbocycles. The quantitative estimate of drug-likeness (QED) is 0.735. The number of carbonyl (C=O) groups excluding carboxylic acids is 1. The molecule has 94 valence electrons. The van der Waals surface area contributed by atoms with E-state index >= 15 is 0 Å². The average Bonchev–Trinajstić information content (AvgIpc) is 2.35. The summed E-state index contributed by atoms with van der Waals surface area (Å²) in [5.74, 6) is 0.859. The zero-order chi connectivity index (χ0) is 12.0. The minimum Gasteiger partial charge on any atom is -0.380 e. The Morgan fingerprint density at radius 3 is 2.94 bits per heavy atom. The van der Waals surface area contributed by atoms with Crippen molar-refractivity contribution in [2.45, 2.75) is 38.7 Å². The second-order valence-electron chi connectivity index (χ2n) is 4.76. The van der Waals surface area contributed by atoms with Crippen molar-refractivity contribution < 1.29 is 9.53 Å². The van der Waals surface area contributed by atoms with E-state index in [0.717, 1.165) is 19.3 Å². The molecule has 0 aromatic heterocycles. The first kappa shape index (κ1) is 13.5. The summed E-state index contributed by atoms with van der Waals surface area (Å²) >= 11 is 0. The number of methoxy groups -OCH3 is 1. The summed E-state index contributed by atoms with van der Waals surface area (Å²) in [6, 6.07) is 0. The van der Waals surface area contributed by atoms with Gasteiger partial charge in [-0.3, -0.25) is 4.79 Å². The average molecular weight is 228 g/mol. The van der Waals surface area contributed by atoms with E-state index in [2.05, 4.69) is 5.32 Å². The molecule has 0 aliphatic heterocycles. The van der Waals surface area contributed by atoms with Crippen LogP contribution in [0.15, 0.2) is 0 Å². The van der Waals surface area contributed by atoms with Gasteiger partial charge in [-0.25, -0.2) is 0 Å². The van der Waals surface area contributed by atoms with Crippen LogP contribution in [0.5, 0.6) is 0 Å². The Morgan fingerprint density at radius 2 is 2.31 bits per heavy atom. The van der Waals surface area contributed by atoms with Crippen molar-refractivity contribution in [2.24, 2.45) is 17.6 Å². The molecule has 0 spiro atoms. The fourth-order valence-corrected chi connectivity index (χ4v) is 2.22. The van der Waals surface area contributed by atoms with Crippen molar-refractivity contribution >= 4 is 5.91 Å². The van der Waals surface area contributed by atoms with Crippen molar-refractivity contribution in [1.82, 2.24) is 5.32 Å².